The molecular weight excluding hydrogens is 448 g/mol. The van der Waals surface area contributed by atoms with E-state index in [1.54, 1.807) is 24.3 Å². The minimum absolute atomic E-state index is 0.00951. The predicted octanol–water partition coefficient (Wildman–Crippen LogP) is 8.69. The number of esters is 1. The summed E-state index contributed by atoms with van der Waals surface area (Å²) in [6.07, 6.45) is 18.7. The van der Waals surface area contributed by atoms with E-state index in [0.29, 0.717) is 17.9 Å². The number of carbonyl (C=O) groups is 1. The number of ether oxygens (including phenoxy) is 2. The molecule has 198 valence electrons. The molecule has 2 aromatic rings. The molecule has 0 fully saturated rings. The molecule has 4 nitrogen and oxygen atoms in total. The maximum Gasteiger partial charge on any atom is 0.343 e. The minimum atomic E-state index is -0.522. The molecule has 2 rings (SSSR count). The third kappa shape index (κ3) is 12.4. The minimum Gasteiger partial charge on any atom is -0.494 e. The van der Waals surface area contributed by atoms with Crippen LogP contribution in [0.3, 0.4) is 0 Å². The maximum absolute atomic E-state index is 12.6. The highest BCUT2D eigenvalue weighted by Crippen LogP contribution is 2.16. The summed E-state index contributed by atoms with van der Waals surface area (Å²) in [6.45, 7) is 5.04. The molecule has 4 heteroatoms. The van der Waals surface area contributed by atoms with Crippen molar-refractivity contribution in [1.29, 1.82) is 0 Å². The lowest BCUT2D eigenvalue weighted by molar-refractivity contribution is 0.0733. The van der Waals surface area contributed by atoms with Gasteiger partial charge in [0.2, 0.25) is 5.43 Å². The average molecular weight is 495 g/mol. The molecule has 0 saturated carbocycles. The first-order valence-electron chi connectivity index (χ1n) is 14.2. The van der Waals surface area contributed by atoms with E-state index < -0.39 is 5.97 Å². The van der Waals surface area contributed by atoms with E-state index in [2.05, 4.69) is 13.8 Å². The average Bonchev–Trinajstić information content (AvgIpc) is 3.06. The van der Waals surface area contributed by atoms with Crippen molar-refractivity contribution in [3.05, 3.63) is 69.9 Å². The molecule has 0 aliphatic carbocycles. The zero-order valence-corrected chi connectivity index (χ0v) is 22.6. The molecule has 0 aliphatic heterocycles. The molecule has 0 heterocycles. The van der Waals surface area contributed by atoms with E-state index in [1.165, 1.54) is 94.7 Å². The summed E-state index contributed by atoms with van der Waals surface area (Å²) in [5, 5.41) is 0. The zero-order chi connectivity index (χ0) is 25.8. The number of hydrogen-bond donors (Lipinski definition) is 0. The second-order valence-corrected chi connectivity index (χ2v) is 9.73. The van der Waals surface area contributed by atoms with Crippen molar-refractivity contribution >= 4 is 5.97 Å². The largest absolute Gasteiger partial charge is 0.494 e. The summed E-state index contributed by atoms with van der Waals surface area (Å²) in [5.41, 5.74) is 1.32. The van der Waals surface area contributed by atoms with Crippen molar-refractivity contribution in [1.82, 2.24) is 0 Å². The van der Waals surface area contributed by atoms with Crippen LogP contribution in [0.25, 0.3) is 0 Å². The Hall–Kier alpha value is -2.62. The highest BCUT2D eigenvalue weighted by molar-refractivity contribution is 5.91. The van der Waals surface area contributed by atoms with E-state index >= 15 is 0 Å². The molecule has 0 unspecified atom stereocenters. The molecule has 36 heavy (non-hydrogen) atoms. The van der Waals surface area contributed by atoms with E-state index in [4.69, 9.17) is 9.47 Å². The topological polar surface area (TPSA) is 52.6 Å². The van der Waals surface area contributed by atoms with Gasteiger partial charge in [-0.3, -0.25) is 4.79 Å². The lowest BCUT2D eigenvalue weighted by Crippen LogP contribution is -2.13. The number of aryl methyl sites for hydroxylation is 1. The zero-order valence-electron chi connectivity index (χ0n) is 22.6. The maximum atomic E-state index is 12.6. The van der Waals surface area contributed by atoms with E-state index in [1.807, 2.05) is 12.1 Å². The number of unbranched alkanes of at least 4 members (excludes halogenated alkanes) is 12. The summed E-state index contributed by atoms with van der Waals surface area (Å²) in [6, 6.07) is 13.7. The molecule has 0 amide bonds. The first-order chi connectivity index (χ1) is 17.6. The van der Waals surface area contributed by atoms with Gasteiger partial charge in [-0.15, -0.1) is 0 Å². The first kappa shape index (κ1) is 29.6. The van der Waals surface area contributed by atoms with Gasteiger partial charge in [0, 0.05) is 0 Å². The van der Waals surface area contributed by atoms with Crippen molar-refractivity contribution < 1.29 is 14.3 Å². The molecule has 0 radical (unpaired) electrons. The van der Waals surface area contributed by atoms with Crippen LogP contribution in [0.1, 0.15) is 120 Å². The Kier molecular flexibility index (Phi) is 15.3. The second kappa shape index (κ2) is 18.6. The van der Waals surface area contributed by atoms with Gasteiger partial charge in [0.15, 0.2) is 5.75 Å². The fraction of sp³-hybridized carbons (Fsp3) is 0.562. The predicted molar refractivity (Wildman–Crippen MR) is 149 cm³/mol. The van der Waals surface area contributed by atoms with Crippen LogP contribution in [0.15, 0.2) is 53.3 Å². The van der Waals surface area contributed by atoms with Crippen molar-refractivity contribution in [2.45, 2.75) is 110 Å². The molecule has 0 aliphatic rings. The van der Waals surface area contributed by atoms with Crippen molar-refractivity contribution in [2.24, 2.45) is 0 Å². The quantitative estimate of drug-likeness (QED) is 0.145. The standard InChI is InChI=1S/C32H46O4/c1-3-5-7-9-10-11-12-13-14-15-17-27-18-20-28(21-19-27)32(34)36-31-25-23-29(22-24-30(31)33)35-26-16-8-6-4-2/h18-25H,3-17,26H2,1-2H3. The number of hydrogen-bond acceptors (Lipinski definition) is 4. The van der Waals surface area contributed by atoms with Crippen LogP contribution in [-0.4, -0.2) is 12.6 Å². The monoisotopic (exact) mass is 494 g/mol. The Morgan fingerprint density at radius 1 is 0.639 bits per heavy atom. The molecule has 2 aromatic carbocycles. The van der Waals surface area contributed by atoms with Crippen LogP contribution in [0.2, 0.25) is 0 Å². The summed E-state index contributed by atoms with van der Waals surface area (Å²) in [7, 11) is 0. The Bertz CT molecular complexity index is 920. The van der Waals surface area contributed by atoms with Crippen LogP contribution in [0, 0.1) is 0 Å². The van der Waals surface area contributed by atoms with Gasteiger partial charge < -0.3 is 9.47 Å². The van der Waals surface area contributed by atoms with E-state index in [-0.39, 0.29) is 11.2 Å². The molecule has 0 spiro atoms. The second-order valence-electron chi connectivity index (χ2n) is 9.73. The fourth-order valence-corrected chi connectivity index (χ4v) is 4.22. The van der Waals surface area contributed by atoms with E-state index in [0.717, 1.165) is 19.3 Å². The normalized spacial score (nSPS) is 10.8. The van der Waals surface area contributed by atoms with Crippen LogP contribution < -0.4 is 14.9 Å². The van der Waals surface area contributed by atoms with Crippen molar-refractivity contribution in [3.8, 4) is 11.5 Å². The van der Waals surface area contributed by atoms with Gasteiger partial charge in [0.25, 0.3) is 0 Å². The highest BCUT2D eigenvalue weighted by Gasteiger charge is 2.11. The van der Waals surface area contributed by atoms with Crippen LogP contribution in [0.5, 0.6) is 11.5 Å². The van der Waals surface area contributed by atoms with Gasteiger partial charge in [0.1, 0.15) is 5.75 Å². The van der Waals surface area contributed by atoms with Crippen LogP contribution >= 0.6 is 0 Å². The Morgan fingerprint density at radius 3 is 1.83 bits per heavy atom. The molecule has 0 aromatic heterocycles. The first-order valence-corrected chi connectivity index (χ1v) is 14.2. The van der Waals surface area contributed by atoms with Gasteiger partial charge in [-0.1, -0.05) is 103 Å². The van der Waals surface area contributed by atoms with Gasteiger partial charge in [-0.25, -0.2) is 4.79 Å². The van der Waals surface area contributed by atoms with Crippen LogP contribution in [-0.2, 0) is 6.42 Å². The smallest absolute Gasteiger partial charge is 0.343 e. The highest BCUT2D eigenvalue weighted by atomic mass is 16.5. The van der Waals surface area contributed by atoms with Crippen LogP contribution in [0.4, 0.5) is 0 Å². The summed E-state index contributed by atoms with van der Waals surface area (Å²) < 4.78 is 11.1. The van der Waals surface area contributed by atoms with Crippen molar-refractivity contribution in [2.75, 3.05) is 6.61 Å². The van der Waals surface area contributed by atoms with Gasteiger partial charge >= 0.3 is 5.97 Å². The number of rotatable bonds is 19. The number of carbonyl (C=O) groups excluding carboxylic acids is 1. The lowest BCUT2D eigenvalue weighted by Gasteiger charge is -2.05. The number of benzene rings is 1. The van der Waals surface area contributed by atoms with Gasteiger partial charge in [-0.2, -0.15) is 0 Å². The van der Waals surface area contributed by atoms with E-state index in [9.17, 15) is 9.59 Å². The summed E-state index contributed by atoms with van der Waals surface area (Å²) in [4.78, 5) is 24.9. The Balaban J connectivity index is 1.72. The summed E-state index contributed by atoms with van der Waals surface area (Å²) in [5.74, 6) is 0.0864. The molecule has 0 saturated heterocycles. The molecule has 0 bridgehead atoms. The van der Waals surface area contributed by atoms with Gasteiger partial charge in [-0.05, 0) is 61.2 Å². The fourth-order valence-electron chi connectivity index (χ4n) is 4.22. The third-order valence-electron chi connectivity index (χ3n) is 6.52. The third-order valence-corrected chi connectivity index (χ3v) is 6.52. The molecule has 0 atom stereocenters. The Morgan fingerprint density at radius 2 is 1.19 bits per heavy atom. The lowest BCUT2D eigenvalue weighted by atomic mass is 10.0. The van der Waals surface area contributed by atoms with Gasteiger partial charge in [0.05, 0.1) is 12.2 Å². The molecular formula is C32H46O4. The Labute approximate surface area is 218 Å². The van der Waals surface area contributed by atoms with Crippen molar-refractivity contribution in [3.63, 3.8) is 0 Å². The summed E-state index contributed by atoms with van der Waals surface area (Å²) >= 11 is 0. The SMILES string of the molecule is CCCCCCCCCCCCc1ccc(C(=O)Oc2ccc(OCCCCCC)ccc2=O)cc1. The molecule has 0 N–H and O–H groups in total.